The molecule has 1 heterocycles. The zero-order valence-electron chi connectivity index (χ0n) is 6.02. The van der Waals surface area contributed by atoms with Gasteiger partial charge in [0.05, 0.1) is 6.61 Å². The van der Waals surface area contributed by atoms with Crippen molar-refractivity contribution in [2.24, 2.45) is 0 Å². The van der Waals surface area contributed by atoms with Crippen LogP contribution in [-0.2, 0) is 9.84 Å². The molecule has 0 aliphatic carbocycles. The molecule has 1 rings (SSSR count). The summed E-state index contributed by atoms with van der Waals surface area (Å²) in [5, 5.41) is 18.2. The Kier molecular flexibility index (Phi) is 2.67. The molecule has 0 aromatic rings. The summed E-state index contributed by atoms with van der Waals surface area (Å²) in [4.78, 5) is 11.8. The minimum absolute atomic E-state index is 0.139. The lowest BCUT2D eigenvalue weighted by Gasteiger charge is -2.36. The normalized spacial score (nSPS) is 19.4. The van der Waals surface area contributed by atoms with E-state index in [-0.39, 0.29) is 12.7 Å². The zero-order valence-corrected chi connectivity index (χ0v) is 6.02. The Labute approximate surface area is 64.2 Å². The number of hydrogen-bond donors (Lipinski definition) is 1. The van der Waals surface area contributed by atoms with Crippen LogP contribution in [0.1, 0.15) is 0 Å². The average molecular weight is 160 g/mol. The van der Waals surface area contributed by atoms with Crippen molar-refractivity contribution in [2.45, 2.75) is 6.10 Å². The molecule has 1 fully saturated rings. The predicted molar refractivity (Wildman–Crippen MR) is 34.9 cm³/mol. The van der Waals surface area contributed by atoms with E-state index in [0.717, 1.165) is 0 Å². The van der Waals surface area contributed by atoms with Gasteiger partial charge in [-0.15, -0.1) is 0 Å². The van der Waals surface area contributed by atoms with Crippen molar-refractivity contribution in [3.8, 4) is 0 Å². The largest absolute Gasteiger partial charge is 0.506 e. The van der Waals surface area contributed by atoms with Crippen molar-refractivity contribution < 1.29 is 19.7 Å². The van der Waals surface area contributed by atoms with Crippen LogP contribution in [-0.4, -0.2) is 48.5 Å². The van der Waals surface area contributed by atoms with E-state index in [4.69, 9.17) is 5.11 Å². The van der Waals surface area contributed by atoms with Gasteiger partial charge in [0.25, 0.3) is 0 Å². The molecule has 1 aliphatic heterocycles. The summed E-state index contributed by atoms with van der Waals surface area (Å²) in [6, 6.07) is 0. The van der Waals surface area contributed by atoms with Gasteiger partial charge >= 0.3 is 6.16 Å². The second kappa shape index (κ2) is 3.54. The smallest absolute Gasteiger partial charge is 0.450 e. The summed E-state index contributed by atoms with van der Waals surface area (Å²) in [5.41, 5.74) is 0. The van der Waals surface area contributed by atoms with Crippen molar-refractivity contribution in [3.63, 3.8) is 0 Å². The van der Waals surface area contributed by atoms with Crippen LogP contribution in [0.15, 0.2) is 0 Å². The van der Waals surface area contributed by atoms with Gasteiger partial charge in [0.1, 0.15) is 6.10 Å². The lowest BCUT2D eigenvalue weighted by Crippen LogP contribution is -2.53. The highest BCUT2D eigenvalue weighted by Gasteiger charge is 2.29. The van der Waals surface area contributed by atoms with Crippen LogP contribution in [0, 0.1) is 0 Å². The molecule has 1 saturated heterocycles. The molecule has 0 amide bonds. The number of ether oxygens (including phenoxy) is 1. The summed E-state index contributed by atoms with van der Waals surface area (Å²) in [7, 11) is 0. The molecule has 0 bridgehead atoms. The fourth-order valence-corrected chi connectivity index (χ4v) is 1.05. The average Bonchev–Trinajstić information content (AvgIpc) is 1.82. The van der Waals surface area contributed by atoms with E-state index in [1.165, 1.54) is 0 Å². The molecule has 63 valence electrons. The quantitative estimate of drug-likeness (QED) is 0.580. The van der Waals surface area contributed by atoms with E-state index >= 15 is 0 Å². The van der Waals surface area contributed by atoms with E-state index in [2.05, 4.69) is 4.74 Å². The number of rotatable bonds is 3. The molecule has 11 heavy (non-hydrogen) atoms. The Bertz CT molecular complexity index is 144. The van der Waals surface area contributed by atoms with Gasteiger partial charge in [-0.1, -0.05) is 0 Å². The molecular weight excluding hydrogens is 150 g/mol. The van der Waals surface area contributed by atoms with Crippen LogP contribution in [0.2, 0.25) is 0 Å². The number of carbonyl (C=O) groups is 1. The Morgan fingerprint density at radius 2 is 2.27 bits per heavy atom. The standard InChI is InChI=1S/C6H10NO4/c8-2-1-7-3-5(4-7)11-6(9)10/h5H,1-4H2,(H,9,10). The lowest BCUT2D eigenvalue weighted by molar-refractivity contribution is -0.0405. The molecule has 0 aromatic carbocycles. The van der Waals surface area contributed by atoms with Gasteiger partial charge in [-0.25, -0.2) is 9.90 Å². The van der Waals surface area contributed by atoms with Gasteiger partial charge in [-0.3, -0.25) is 4.90 Å². The molecular formula is C6H10NO4. The zero-order chi connectivity index (χ0) is 8.27. The predicted octanol–water partition coefficient (Wildman–Crippen LogP) is -0.204. The van der Waals surface area contributed by atoms with Gasteiger partial charge in [0.15, 0.2) is 0 Å². The van der Waals surface area contributed by atoms with Crippen molar-refractivity contribution in [2.75, 3.05) is 26.2 Å². The maximum atomic E-state index is 10.1. The summed E-state index contributed by atoms with van der Waals surface area (Å²) < 4.78 is 4.44. The second-order valence-corrected chi connectivity index (χ2v) is 2.47. The molecule has 0 unspecified atom stereocenters. The van der Waals surface area contributed by atoms with E-state index in [1.807, 2.05) is 4.90 Å². The summed E-state index contributed by atoms with van der Waals surface area (Å²) in [6.07, 6.45) is -1.46. The fraction of sp³-hybridized carbons (Fsp3) is 0.833. The van der Waals surface area contributed by atoms with E-state index in [1.54, 1.807) is 0 Å². The highest BCUT2D eigenvalue weighted by molar-refractivity contribution is 5.57. The Morgan fingerprint density at radius 1 is 1.64 bits per heavy atom. The van der Waals surface area contributed by atoms with Crippen molar-refractivity contribution >= 4 is 6.16 Å². The van der Waals surface area contributed by atoms with E-state index < -0.39 is 6.16 Å². The summed E-state index contributed by atoms with van der Waals surface area (Å²) in [6.45, 7) is 1.47. The Hall–Kier alpha value is -0.810. The molecule has 1 radical (unpaired) electrons. The van der Waals surface area contributed by atoms with Crippen LogP contribution >= 0.6 is 0 Å². The van der Waals surface area contributed by atoms with Crippen LogP contribution in [0.3, 0.4) is 0 Å². The van der Waals surface area contributed by atoms with Crippen LogP contribution in [0.25, 0.3) is 0 Å². The maximum absolute atomic E-state index is 10.1. The van der Waals surface area contributed by atoms with Gasteiger partial charge in [-0.2, -0.15) is 0 Å². The molecule has 0 spiro atoms. The van der Waals surface area contributed by atoms with Crippen molar-refractivity contribution in [3.05, 3.63) is 0 Å². The van der Waals surface area contributed by atoms with E-state index in [9.17, 15) is 9.90 Å². The summed E-state index contributed by atoms with van der Waals surface area (Å²) >= 11 is 0. The topological polar surface area (TPSA) is 69.7 Å². The van der Waals surface area contributed by atoms with Crippen molar-refractivity contribution in [1.29, 1.82) is 0 Å². The third kappa shape index (κ3) is 2.36. The summed E-state index contributed by atoms with van der Waals surface area (Å²) in [5.74, 6) is 0. The molecule has 1 aliphatic rings. The van der Waals surface area contributed by atoms with Gasteiger partial charge in [0, 0.05) is 19.6 Å². The van der Waals surface area contributed by atoms with Crippen molar-refractivity contribution in [1.82, 2.24) is 4.90 Å². The molecule has 1 N–H and O–H groups in total. The third-order valence-corrected chi connectivity index (χ3v) is 1.60. The number of carboxylic acid groups (broad SMARTS) is 1. The van der Waals surface area contributed by atoms with Gasteiger partial charge in [-0.05, 0) is 0 Å². The minimum Gasteiger partial charge on any atom is -0.450 e. The van der Waals surface area contributed by atoms with Gasteiger partial charge in [0.2, 0.25) is 0 Å². The van der Waals surface area contributed by atoms with Crippen LogP contribution in [0.5, 0.6) is 0 Å². The van der Waals surface area contributed by atoms with E-state index in [0.29, 0.717) is 19.6 Å². The third-order valence-electron chi connectivity index (χ3n) is 1.60. The van der Waals surface area contributed by atoms with Crippen LogP contribution < -0.4 is 0 Å². The molecule has 5 heteroatoms. The lowest BCUT2D eigenvalue weighted by atomic mass is 10.2. The molecule has 0 aromatic heterocycles. The first-order chi connectivity index (χ1) is 5.22. The first kappa shape index (κ1) is 8.29. The highest BCUT2D eigenvalue weighted by atomic mass is 16.7. The minimum atomic E-state index is -1.24. The second-order valence-electron chi connectivity index (χ2n) is 2.47. The first-order valence-corrected chi connectivity index (χ1v) is 3.42. The number of nitrogens with zero attached hydrogens (tertiary/aromatic N) is 1. The fourth-order valence-electron chi connectivity index (χ4n) is 1.05. The Morgan fingerprint density at radius 3 is 2.73 bits per heavy atom. The number of hydrogen-bond acceptors (Lipinski definition) is 3. The molecule has 0 atom stereocenters. The number of likely N-dealkylation sites (tertiary alicyclic amines) is 1. The maximum Gasteiger partial charge on any atom is 0.506 e. The highest BCUT2D eigenvalue weighted by Crippen LogP contribution is 2.10. The SMILES string of the molecule is [O]CCN1CC(OC(=O)O)C1. The first-order valence-electron chi connectivity index (χ1n) is 3.42. The molecule has 5 nitrogen and oxygen atoms in total. The van der Waals surface area contributed by atoms with Crippen LogP contribution in [0.4, 0.5) is 4.79 Å². The monoisotopic (exact) mass is 160 g/mol. The van der Waals surface area contributed by atoms with Gasteiger partial charge < -0.3 is 9.84 Å². The molecule has 0 saturated carbocycles. The Balaban J connectivity index is 2.04.